The summed E-state index contributed by atoms with van der Waals surface area (Å²) >= 11 is 0. The molecule has 0 saturated carbocycles. The van der Waals surface area contributed by atoms with Crippen LogP contribution >= 0.6 is 0 Å². The van der Waals surface area contributed by atoms with E-state index in [0.717, 1.165) is 96.3 Å². The van der Waals surface area contributed by atoms with Crippen molar-refractivity contribution in [2.75, 3.05) is 13.2 Å². The normalized spacial score (nSPS) is 12.7. The molecule has 6 nitrogen and oxygen atoms in total. The highest BCUT2D eigenvalue weighted by Crippen LogP contribution is 2.15. The van der Waals surface area contributed by atoms with Gasteiger partial charge in [0, 0.05) is 19.3 Å². The van der Waals surface area contributed by atoms with Crippen LogP contribution in [-0.2, 0) is 28.6 Å². The fourth-order valence-electron chi connectivity index (χ4n) is 7.28. The first-order chi connectivity index (χ1) is 31.5. The molecule has 0 aliphatic rings. The molecule has 0 bridgehead atoms. The Bertz CT molecular complexity index is 1250. The Morgan fingerprint density at radius 2 is 0.609 bits per heavy atom. The molecule has 0 spiro atoms. The summed E-state index contributed by atoms with van der Waals surface area (Å²) in [6, 6.07) is 0. The van der Waals surface area contributed by atoms with Crippen molar-refractivity contribution >= 4 is 17.9 Å². The molecule has 1 unspecified atom stereocenters. The van der Waals surface area contributed by atoms with Crippen LogP contribution in [0.15, 0.2) is 85.1 Å². The zero-order valence-corrected chi connectivity index (χ0v) is 41.8. The van der Waals surface area contributed by atoms with Crippen molar-refractivity contribution in [1.82, 2.24) is 0 Å². The smallest absolute Gasteiger partial charge is 0.306 e. The molecular weight excluding hydrogens is 793 g/mol. The molecule has 0 rings (SSSR count). The minimum absolute atomic E-state index is 0.0881. The molecule has 0 aromatic rings. The largest absolute Gasteiger partial charge is 0.462 e. The lowest BCUT2D eigenvalue weighted by atomic mass is 10.0. The Morgan fingerprint density at radius 1 is 0.328 bits per heavy atom. The van der Waals surface area contributed by atoms with Crippen molar-refractivity contribution in [1.29, 1.82) is 0 Å². The van der Waals surface area contributed by atoms with E-state index in [4.69, 9.17) is 14.2 Å². The lowest BCUT2D eigenvalue weighted by Crippen LogP contribution is -2.30. The zero-order chi connectivity index (χ0) is 46.5. The van der Waals surface area contributed by atoms with Crippen molar-refractivity contribution in [3.05, 3.63) is 85.1 Å². The van der Waals surface area contributed by atoms with Crippen LogP contribution in [0.1, 0.15) is 245 Å². The number of carbonyl (C=O) groups is 3. The molecule has 0 aromatic heterocycles. The summed E-state index contributed by atoms with van der Waals surface area (Å²) in [5, 5.41) is 0. The van der Waals surface area contributed by atoms with Gasteiger partial charge in [-0.2, -0.15) is 0 Å². The first kappa shape index (κ1) is 60.6. The highest BCUT2D eigenvalue weighted by Gasteiger charge is 2.19. The van der Waals surface area contributed by atoms with Gasteiger partial charge in [0.2, 0.25) is 0 Å². The van der Waals surface area contributed by atoms with Gasteiger partial charge in [-0.25, -0.2) is 0 Å². The van der Waals surface area contributed by atoms with Gasteiger partial charge >= 0.3 is 17.9 Å². The van der Waals surface area contributed by atoms with Crippen molar-refractivity contribution in [3.8, 4) is 0 Å². The minimum atomic E-state index is -0.791. The van der Waals surface area contributed by atoms with Crippen LogP contribution in [0.25, 0.3) is 0 Å². The molecule has 64 heavy (non-hydrogen) atoms. The Balaban J connectivity index is 4.45. The van der Waals surface area contributed by atoms with Crippen molar-refractivity contribution < 1.29 is 28.6 Å². The van der Waals surface area contributed by atoms with E-state index >= 15 is 0 Å². The van der Waals surface area contributed by atoms with Crippen LogP contribution in [0, 0.1) is 0 Å². The second-order valence-electron chi connectivity index (χ2n) is 17.6. The highest BCUT2D eigenvalue weighted by molar-refractivity contribution is 5.71. The predicted octanol–water partition coefficient (Wildman–Crippen LogP) is 17.6. The summed E-state index contributed by atoms with van der Waals surface area (Å²) in [4.78, 5) is 38.0. The average Bonchev–Trinajstić information content (AvgIpc) is 3.29. The standard InChI is InChI=1S/C58H98O6/c1-4-7-10-13-16-19-22-25-27-28-29-31-33-36-39-42-45-48-51-57(60)63-54-55(53-62-56(59)50-47-44-41-38-35-32-24-21-18-15-12-9-6-3)64-58(61)52-49-46-43-40-37-34-30-26-23-20-17-14-11-8-5-2/h8,11,14,16-17,19-20,22-23,25,27-29,31,55H,4-7,9-10,12-13,15,18,21,24,26,30,32-54H2,1-3H3/b11-8-,17-14-,19-16-,23-20-,25-22-,28-27-,31-29-. The molecule has 0 aliphatic carbocycles. The third-order valence-corrected chi connectivity index (χ3v) is 11.3. The van der Waals surface area contributed by atoms with Crippen molar-refractivity contribution in [3.63, 3.8) is 0 Å². The Labute approximate surface area is 395 Å². The van der Waals surface area contributed by atoms with Gasteiger partial charge in [-0.3, -0.25) is 14.4 Å². The Morgan fingerprint density at radius 3 is 0.984 bits per heavy atom. The topological polar surface area (TPSA) is 78.9 Å². The third kappa shape index (κ3) is 49.6. The lowest BCUT2D eigenvalue weighted by molar-refractivity contribution is -0.167. The Kier molecular flexibility index (Phi) is 49.4. The quantitative estimate of drug-likeness (QED) is 0.0262. The third-order valence-electron chi connectivity index (χ3n) is 11.3. The maximum absolute atomic E-state index is 12.8. The molecular formula is C58H98O6. The molecule has 0 saturated heterocycles. The SMILES string of the molecule is CC\C=C/C=C\C=C/CCCCCCCCCC(=O)OC(COC(=O)CCCCCCC\C=C/C=C\C=C/C=C\CCCCC)COC(=O)CCCCCCCCCCCCCCC. The molecule has 0 aromatic carbocycles. The van der Waals surface area contributed by atoms with Gasteiger partial charge in [-0.1, -0.05) is 247 Å². The van der Waals surface area contributed by atoms with Gasteiger partial charge in [0.15, 0.2) is 6.10 Å². The van der Waals surface area contributed by atoms with Crippen LogP contribution in [-0.4, -0.2) is 37.2 Å². The zero-order valence-electron chi connectivity index (χ0n) is 41.8. The minimum Gasteiger partial charge on any atom is -0.462 e. The van der Waals surface area contributed by atoms with Gasteiger partial charge in [-0.15, -0.1) is 0 Å². The monoisotopic (exact) mass is 891 g/mol. The van der Waals surface area contributed by atoms with Crippen LogP contribution in [0.4, 0.5) is 0 Å². The van der Waals surface area contributed by atoms with Gasteiger partial charge in [-0.05, 0) is 64.2 Å². The van der Waals surface area contributed by atoms with Crippen molar-refractivity contribution in [2.24, 2.45) is 0 Å². The van der Waals surface area contributed by atoms with Gasteiger partial charge in [0.1, 0.15) is 13.2 Å². The van der Waals surface area contributed by atoms with Crippen LogP contribution in [0.3, 0.4) is 0 Å². The van der Waals surface area contributed by atoms with Crippen LogP contribution in [0.5, 0.6) is 0 Å². The molecule has 0 amide bonds. The number of esters is 3. The average molecular weight is 891 g/mol. The lowest BCUT2D eigenvalue weighted by Gasteiger charge is -2.18. The van der Waals surface area contributed by atoms with Crippen LogP contribution < -0.4 is 0 Å². The van der Waals surface area contributed by atoms with Gasteiger partial charge in [0.25, 0.3) is 0 Å². The van der Waals surface area contributed by atoms with Crippen molar-refractivity contribution in [2.45, 2.75) is 252 Å². The van der Waals surface area contributed by atoms with E-state index in [9.17, 15) is 14.4 Å². The molecule has 0 fully saturated rings. The van der Waals surface area contributed by atoms with E-state index in [1.54, 1.807) is 0 Å². The summed E-state index contributed by atoms with van der Waals surface area (Å²) in [5.41, 5.74) is 0. The summed E-state index contributed by atoms with van der Waals surface area (Å²) in [6.45, 7) is 6.44. The number of ether oxygens (including phenoxy) is 3. The Hall–Kier alpha value is -3.41. The second-order valence-corrected chi connectivity index (χ2v) is 17.6. The molecule has 0 N–H and O–H groups in total. The summed E-state index contributed by atoms with van der Waals surface area (Å²) in [7, 11) is 0. The first-order valence-corrected chi connectivity index (χ1v) is 26.7. The fourth-order valence-corrected chi connectivity index (χ4v) is 7.28. The van der Waals surface area contributed by atoms with Gasteiger partial charge < -0.3 is 14.2 Å². The van der Waals surface area contributed by atoms with Crippen LogP contribution in [0.2, 0.25) is 0 Å². The number of carbonyl (C=O) groups excluding carboxylic acids is 3. The molecule has 1 atom stereocenters. The second kappa shape index (κ2) is 52.2. The fraction of sp³-hybridized carbons (Fsp3) is 0.707. The maximum Gasteiger partial charge on any atom is 0.306 e. The number of hydrogen-bond donors (Lipinski definition) is 0. The summed E-state index contributed by atoms with van der Waals surface area (Å²) in [5.74, 6) is -0.922. The molecule has 0 heterocycles. The summed E-state index contributed by atoms with van der Waals surface area (Å²) in [6.07, 6.45) is 67.0. The number of allylic oxidation sites excluding steroid dienone is 14. The molecule has 0 radical (unpaired) electrons. The van der Waals surface area contributed by atoms with E-state index in [1.165, 1.54) is 109 Å². The number of unbranched alkanes of at least 4 members (excludes halogenated alkanes) is 27. The molecule has 0 aliphatic heterocycles. The molecule has 6 heteroatoms. The van der Waals surface area contributed by atoms with Gasteiger partial charge in [0.05, 0.1) is 0 Å². The first-order valence-electron chi connectivity index (χ1n) is 26.7. The van der Waals surface area contributed by atoms with E-state index in [1.807, 2.05) is 0 Å². The van der Waals surface area contributed by atoms with E-state index in [0.29, 0.717) is 19.3 Å². The van der Waals surface area contributed by atoms with E-state index in [-0.39, 0.29) is 31.1 Å². The number of rotatable bonds is 47. The van der Waals surface area contributed by atoms with E-state index < -0.39 is 6.10 Å². The maximum atomic E-state index is 12.8. The summed E-state index contributed by atoms with van der Waals surface area (Å²) < 4.78 is 16.8. The highest BCUT2D eigenvalue weighted by atomic mass is 16.6. The predicted molar refractivity (Wildman–Crippen MR) is 274 cm³/mol. The molecule has 366 valence electrons. The van der Waals surface area contributed by atoms with E-state index in [2.05, 4.69) is 106 Å². The number of hydrogen-bond acceptors (Lipinski definition) is 6.